The van der Waals surface area contributed by atoms with Gasteiger partial charge in [-0.25, -0.2) is 0 Å². The smallest absolute Gasteiger partial charge is 0.0701 e. The van der Waals surface area contributed by atoms with E-state index >= 15 is 0 Å². The quantitative estimate of drug-likeness (QED) is 0.0434. The van der Waals surface area contributed by atoms with Gasteiger partial charge in [-0.3, -0.25) is 0 Å². The van der Waals surface area contributed by atoms with Gasteiger partial charge in [0.05, 0.1) is 85.9 Å². The summed E-state index contributed by atoms with van der Waals surface area (Å²) in [6.45, 7) is 20.4. The minimum Gasteiger partial charge on any atom is -0.382 e. The lowest BCUT2D eigenvalue weighted by molar-refractivity contribution is 0.000939. The Morgan fingerprint density at radius 3 is 0.789 bits per heavy atom. The van der Waals surface area contributed by atoms with Crippen molar-refractivity contribution in [3.8, 4) is 0 Å². The van der Waals surface area contributed by atoms with Gasteiger partial charge in [-0.2, -0.15) is 0 Å². The molecular formula is C61H122N2O8. The van der Waals surface area contributed by atoms with Crippen LogP contribution in [0.2, 0.25) is 0 Å². The lowest BCUT2D eigenvalue weighted by atomic mass is 10.1. The molecule has 71 heavy (non-hydrogen) atoms. The van der Waals surface area contributed by atoms with Gasteiger partial charge in [0.1, 0.15) is 0 Å². The Labute approximate surface area is 442 Å². The van der Waals surface area contributed by atoms with Crippen LogP contribution < -0.4 is 0 Å². The van der Waals surface area contributed by atoms with Gasteiger partial charge >= 0.3 is 0 Å². The second-order valence-corrected chi connectivity index (χ2v) is 20.0. The average Bonchev–Trinajstić information content (AvgIpc) is 3.38. The van der Waals surface area contributed by atoms with E-state index in [0.29, 0.717) is 79.3 Å². The Bertz CT molecular complexity index is 1010. The first-order chi connectivity index (χ1) is 35.3. The Balaban J connectivity index is 4.62. The number of nitrogens with zero attached hydrogens (tertiary/aromatic N) is 2. The van der Waals surface area contributed by atoms with Crippen LogP contribution in [0.3, 0.4) is 0 Å². The molecule has 0 N–H and O–H groups in total. The van der Waals surface area contributed by atoms with E-state index in [1.807, 2.05) is 0 Å². The van der Waals surface area contributed by atoms with E-state index in [4.69, 9.17) is 37.9 Å². The number of hydrogen-bond acceptors (Lipinski definition) is 10. The third-order valence-corrected chi connectivity index (χ3v) is 13.3. The molecule has 0 aromatic carbocycles. The largest absolute Gasteiger partial charge is 0.382 e. The van der Waals surface area contributed by atoms with Crippen LogP contribution in [0.25, 0.3) is 0 Å². The van der Waals surface area contributed by atoms with Crippen molar-refractivity contribution in [1.82, 2.24) is 9.80 Å². The van der Waals surface area contributed by atoms with Crippen molar-refractivity contribution in [2.45, 2.75) is 226 Å². The molecule has 0 bridgehead atoms. The van der Waals surface area contributed by atoms with Crippen LogP contribution >= 0.6 is 0 Å². The molecule has 0 saturated carbocycles. The third kappa shape index (κ3) is 61.5. The minimum atomic E-state index is 0.600. The second-order valence-electron chi connectivity index (χ2n) is 20.0. The third-order valence-electron chi connectivity index (χ3n) is 13.3. The zero-order valence-corrected chi connectivity index (χ0v) is 47.9. The Morgan fingerprint density at radius 2 is 0.465 bits per heavy atom. The van der Waals surface area contributed by atoms with Crippen molar-refractivity contribution in [2.75, 3.05) is 146 Å². The standard InChI is InChI=1S/C61H122N2O8/c1-5-7-9-11-13-15-17-19-21-23-25-27-29-31-33-37-42-62(46-41-48-66-54-56-70-60-58-68-52-50-64-3)43-39-35-36-40-45-63(47-49-67-55-57-71-61-59-69-53-51-65-4)44-38-34-32-30-28-26-24-22-20-18-16-14-12-10-8-6-2/h19-22H,5-18,23-61H2,1-4H3/b21-19-,22-20-. The van der Waals surface area contributed by atoms with Gasteiger partial charge in [0.25, 0.3) is 0 Å². The number of ether oxygens (including phenoxy) is 8. The summed E-state index contributed by atoms with van der Waals surface area (Å²) in [6.07, 6.45) is 53.9. The lowest BCUT2D eigenvalue weighted by Gasteiger charge is -2.23. The van der Waals surface area contributed by atoms with Crippen LogP contribution in [0.1, 0.15) is 226 Å². The summed E-state index contributed by atoms with van der Waals surface area (Å²) in [4.78, 5) is 5.39. The van der Waals surface area contributed by atoms with Gasteiger partial charge in [0, 0.05) is 33.9 Å². The highest BCUT2D eigenvalue weighted by Gasteiger charge is 2.08. The molecule has 0 fully saturated rings. The summed E-state index contributed by atoms with van der Waals surface area (Å²) in [5.74, 6) is 0. The van der Waals surface area contributed by atoms with E-state index in [2.05, 4.69) is 48.0 Å². The fourth-order valence-corrected chi connectivity index (χ4v) is 8.81. The molecular weight excluding hydrogens is 889 g/mol. The SMILES string of the molecule is CCCCCCCC/C=C\CCCCCCCCN(CCCCCCN(CCCCCCCC/C=C\CCCCCCCC)CCOCCOCCOCCOC)CCCOCCOCCOCCOC. The summed E-state index contributed by atoms with van der Waals surface area (Å²) in [5, 5.41) is 0. The molecule has 0 aliphatic heterocycles. The van der Waals surface area contributed by atoms with Crippen LogP contribution in [0, 0.1) is 0 Å². The first-order valence-corrected chi connectivity index (χ1v) is 30.5. The molecule has 0 saturated heterocycles. The summed E-state index contributed by atoms with van der Waals surface area (Å²) in [7, 11) is 3.38. The van der Waals surface area contributed by atoms with E-state index in [0.717, 1.165) is 32.7 Å². The highest BCUT2D eigenvalue weighted by molar-refractivity contribution is 4.82. The number of rotatable bonds is 64. The van der Waals surface area contributed by atoms with Crippen molar-refractivity contribution in [1.29, 1.82) is 0 Å². The number of hydrogen-bond donors (Lipinski definition) is 0. The number of unbranched alkanes of at least 4 members (excludes halogenated alkanes) is 27. The summed E-state index contributed by atoms with van der Waals surface area (Å²) >= 11 is 0. The topological polar surface area (TPSA) is 80.3 Å². The Hall–Kier alpha value is -0.920. The molecule has 0 radical (unpaired) electrons. The lowest BCUT2D eigenvalue weighted by Crippen LogP contribution is -2.30. The molecule has 0 atom stereocenters. The van der Waals surface area contributed by atoms with Gasteiger partial charge in [0.2, 0.25) is 0 Å². The van der Waals surface area contributed by atoms with Crippen molar-refractivity contribution in [3.63, 3.8) is 0 Å². The molecule has 0 spiro atoms. The highest BCUT2D eigenvalue weighted by atomic mass is 16.6. The zero-order chi connectivity index (χ0) is 51.1. The van der Waals surface area contributed by atoms with E-state index in [1.54, 1.807) is 14.2 Å². The van der Waals surface area contributed by atoms with Crippen molar-refractivity contribution in [3.05, 3.63) is 24.3 Å². The predicted molar refractivity (Wildman–Crippen MR) is 304 cm³/mol. The monoisotopic (exact) mass is 1010 g/mol. The second kappa shape index (κ2) is 65.2. The predicted octanol–water partition coefficient (Wildman–Crippen LogP) is 15.0. The maximum atomic E-state index is 6.03. The fraction of sp³-hybridized carbons (Fsp3) is 0.934. The van der Waals surface area contributed by atoms with Crippen LogP contribution in [-0.4, -0.2) is 156 Å². The average molecular weight is 1010 g/mol. The molecule has 0 aliphatic rings. The van der Waals surface area contributed by atoms with Gasteiger partial charge < -0.3 is 47.7 Å². The first-order valence-electron chi connectivity index (χ1n) is 30.5. The summed E-state index contributed by atoms with van der Waals surface area (Å²) < 4.78 is 44.4. The van der Waals surface area contributed by atoms with Crippen LogP contribution in [0.15, 0.2) is 24.3 Å². The molecule has 0 aromatic rings. The molecule has 0 heterocycles. The normalized spacial score (nSPS) is 12.1. The Morgan fingerprint density at radius 1 is 0.225 bits per heavy atom. The van der Waals surface area contributed by atoms with E-state index in [9.17, 15) is 0 Å². The van der Waals surface area contributed by atoms with E-state index < -0.39 is 0 Å². The maximum absolute atomic E-state index is 6.03. The molecule has 0 aliphatic carbocycles. The molecule has 10 heteroatoms. The first kappa shape index (κ1) is 70.1. The molecule has 0 aromatic heterocycles. The molecule has 424 valence electrons. The Kier molecular flexibility index (Phi) is 64.3. The van der Waals surface area contributed by atoms with Gasteiger partial charge in [-0.1, -0.05) is 167 Å². The molecule has 0 unspecified atom stereocenters. The van der Waals surface area contributed by atoms with Crippen molar-refractivity contribution in [2.24, 2.45) is 0 Å². The number of allylic oxidation sites excluding steroid dienone is 4. The minimum absolute atomic E-state index is 0.600. The van der Waals surface area contributed by atoms with Crippen molar-refractivity contribution >= 4 is 0 Å². The van der Waals surface area contributed by atoms with Crippen LogP contribution in [-0.2, 0) is 37.9 Å². The van der Waals surface area contributed by atoms with Crippen LogP contribution in [0.4, 0.5) is 0 Å². The summed E-state index contributed by atoms with van der Waals surface area (Å²) in [6, 6.07) is 0. The van der Waals surface area contributed by atoms with Crippen LogP contribution in [0.5, 0.6) is 0 Å². The fourth-order valence-electron chi connectivity index (χ4n) is 8.81. The highest BCUT2D eigenvalue weighted by Crippen LogP contribution is 2.14. The summed E-state index contributed by atoms with van der Waals surface area (Å²) in [5.41, 5.74) is 0. The molecule has 0 rings (SSSR count). The zero-order valence-electron chi connectivity index (χ0n) is 47.9. The van der Waals surface area contributed by atoms with Gasteiger partial charge in [-0.05, 0) is 110 Å². The number of methoxy groups -OCH3 is 2. The van der Waals surface area contributed by atoms with Crippen molar-refractivity contribution < 1.29 is 37.9 Å². The maximum Gasteiger partial charge on any atom is 0.0701 e. The molecule has 10 nitrogen and oxygen atoms in total. The van der Waals surface area contributed by atoms with E-state index in [-0.39, 0.29) is 0 Å². The van der Waals surface area contributed by atoms with E-state index in [1.165, 1.54) is 232 Å². The molecule has 0 amide bonds. The van der Waals surface area contributed by atoms with Gasteiger partial charge in [0.15, 0.2) is 0 Å². The van der Waals surface area contributed by atoms with Gasteiger partial charge in [-0.15, -0.1) is 0 Å².